The first kappa shape index (κ1) is 10.6. The average Bonchev–Trinajstić information content (AvgIpc) is 2.18. The fraction of sp³-hybridized carbons (Fsp3) is 0.111. The lowest BCUT2D eigenvalue weighted by Gasteiger charge is -2.02. The van der Waals surface area contributed by atoms with Crippen molar-refractivity contribution in [1.29, 1.82) is 0 Å². The van der Waals surface area contributed by atoms with Crippen molar-refractivity contribution < 1.29 is 18.0 Å². The Kier molecular flexibility index (Phi) is 3.14. The Hall–Kier alpha value is -1.49. The maximum Gasteiger partial charge on any atom is 0.185 e. The summed E-state index contributed by atoms with van der Waals surface area (Å²) in [6, 6.07) is 5.77. The van der Waals surface area contributed by atoms with Crippen molar-refractivity contribution in [1.82, 2.24) is 0 Å². The van der Waals surface area contributed by atoms with E-state index >= 15 is 0 Å². The van der Waals surface area contributed by atoms with Gasteiger partial charge in [0.1, 0.15) is 12.0 Å². The van der Waals surface area contributed by atoms with Gasteiger partial charge in [-0.25, -0.2) is 8.42 Å². The second-order valence-corrected chi connectivity index (χ2v) is 4.61. The van der Waals surface area contributed by atoms with Crippen molar-refractivity contribution in [3.8, 4) is 0 Å². The number of carbonyl (C=O) groups is 2. The van der Waals surface area contributed by atoms with E-state index in [1.54, 1.807) is 6.07 Å². The molecule has 0 N–H and O–H groups in total. The molecule has 0 unspecified atom stereocenters. The topological polar surface area (TPSA) is 68.3 Å². The van der Waals surface area contributed by atoms with E-state index in [-0.39, 0.29) is 10.5 Å². The van der Waals surface area contributed by atoms with Gasteiger partial charge in [-0.15, -0.1) is 0 Å². The van der Waals surface area contributed by atoms with Crippen molar-refractivity contribution in [2.24, 2.45) is 0 Å². The lowest BCUT2D eigenvalue weighted by atomic mass is 10.2. The first-order valence-corrected chi connectivity index (χ1v) is 5.47. The Balaban J connectivity index is 3.31. The van der Waals surface area contributed by atoms with Gasteiger partial charge in [0.2, 0.25) is 0 Å². The maximum absolute atomic E-state index is 11.4. The highest BCUT2D eigenvalue weighted by Gasteiger charge is 2.16. The van der Waals surface area contributed by atoms with Crippen LogP contribution in [0.5, 0.6) is 0 Å². The zero-order chi connectivity index (χ0) is 10.6. The van der Waals surface area contributed by atoms with E-state index in [4.69, 9.17) is 0 Å². The van der Waals surface area contributed by atoms with Gasteiger partial charge in [0.05, 0.1) is 4.90 Å². The Bertz CT molecular complexity index is 448. The molecule has 0 atom stereocenters. The molecule has 1 rings (SSSR count). The third-order valence-corrected chi connectivity index (χ3v) is 3.29. The van der Waals surface area contributed by atoms with E-state index in [1.165, 1.54) is 18.2 Å². The first-order valence-electron chi connectivity index (χ1n) is 3.82. The summed E-state index contributed by atoms with van der Waals surface area (Å²) in [7, 11) is -3.65. The number of hydrogen-bond donors (Lipinski definition) is 0. The van der Waals surface area contributed by atoms with Crippen LogP contribution in [0.4, 0.5) is 0 Å². The molecule has 1 aromatic carbocycles. The van der Waals surface area contributed by atoms with Crippen LogP contribution in [0.3, 0.4) is 0 Å². The number of carbonyl (C=O) groups excluding carboxylic acids is 2. The molecule has 0 amide bonds. The molecule has 0 heterocycles. The number of sulfone groups is 1. The minimum atomic E-state index is -3.65. The highest BCUT2D eigenvalue weighted by Crippen LogP contribution is 2.14. The van der Waals surface area contributed by atoms with Crippen molar-refractivity contribution in [2.75, 3.05) is 5.75 Å². The van der Waals surface area contributed by atoms with Gasteiger partial charge in [-0.1, -0.05) is 18.2 Å². The van der Waals surface area contributed by atoms with Gasteiger partial charge in [-0.05, 0) is 6.07 Å². The molecule has 0 spiro atoms. The fourth-order valence-electron chi connectivity index (χ4n) is 1.04. The van der Waals surface area contributed by atoms with Crippen LogP contribution in [0, 0.1) is 0 Å². The summed E-state index contributed by atoms with van der Waals surface area (Å²) in [5.74, 6) is -0.599. The molecule has 0 aromatic heterocycles. The molecule has 5 heteroatoms. The lowest BCUT2D eigenvalue weighted by Crippen LogP contribution is -2.09. The second kappa shape index (κ2) is 4.15. The molecule has 0 saturated heterocycles. The molecule has 0 aliphatic carbocycles. The Morgan fingerprint density at radius 1 is 1.14 bits per heavy atom. The monoisotopic (exact) mass is 212 g/mol. The molecular formula is C9H8O4S. The molecule has 0 aliphatic rings. The molecule has 0 saturated carbocycles. The fourth-order valence-corrected chi connectivity index (χ4v) is 2.16. The molecule has 0 bridgehead atoms. The summed E-state index contributed by atoms with van der Waals surface area (Å²) in [4.78, 5) is 20.6. The lowest BCUT2D eigenvalue weighted by molar-refractivity contribution is -0.105. The molecule has 0 radical (unpaired) electrons. The third kappa shape index (κ3) is 2.05. The van der Waals surface area contributed by atoms with Crippen molar-refractivity contribution in [2.45, 2.75) is 4.90 Å². The van der Waals surface area contributed by atoms with Crippen LogP contribution in [0.25, 0.3) is 0 Å². The summed E-state index contributed by atoms with van der Waals surface area (Å²) >= 11 is 0. The highest BCUT2D eigenvalue weighted by atomic mass is 32.2. The second-order valence-electron chi connectivity index (χ2n) is 2.60. The van der Waals surface area contributed by atoms with Crippen LogP contribution in [-0.2, 0) is 14.6 Å². The normalized spacial score (nSPS) is 10.9. The third-order valence-electron chi connectivity index (χ3n) is 1.67. The maximum atomic E-state index is 11.4. The van der Waals surface area contributed by atoms with Crippen LogP contribution in [-0.4, -0.2) is 26.7 Å². The smallest absolute Gasteiger partial charge is 0.185 e. The van der Waals surface area contributed by atoms with E-state index in [0.717, 1.165) is 0 Å². The van der Waals surface area contributed by atoms with Crippen molar-refractivity contribution >= 4 is 22.4 Å². The minimum absolute atomic E-state index is 0.0781. The number of aldehydes is 2. The summed E-state index contributed by atoms with van der Waals surface area (Å²) in [6.45, 7) is 0. The summed E-state index contributed by atoms with van der Waals surface area (Å²) in [5, 5.41) is 0. The molecule has 74 valence electrons. The molecule has 4 nitrogen and oxygen atoms in total. The van der Waals surface area contributed by atoms with E-state index in [1.807, 2.05) is 0 Å². The van der Waals surface area contributed by atoms with Crippen LogP contribution < -0.4 is 0 Å². The largest absolute Gasteiger partial charge is 0.302 e. The standard InChI is InChI=1S/C9H8O4S/c10-5-6-14(12,13)9-4-2-1-3-8(9)7-11/h1-5,7H,6H2. The van der Waals surface area contributed by atoms with Crippen LogP contribution >= 0.6 is 0 Å². The van der Waals surface area contributed by atoms with Crippen LogP contribution in [0.15, 0.2) is 29.2 Å². The van der Waals surface area contributed by atoms with Crippen molar-refractivity contribution in [3.05, 3.63) is 29.8 Å². The Labute approximate surface area is 81.5 Å². The van der Waals surface area contributed by atoms with Gasteiger partial charge in [-0.2, -0.15) is 0 Å². The van der Waals surface area contributed by atoms with Gasteiger partial charge in [0.15, 0.2) is 16.1 Å². The van der Waals surface area contributed by atoms with Gasteiger partial charge >= 0.3 is 0 Å². The quantitative estimate of drug-likeness (QED) is 0.680. The van der Waals surface area contributed by atoms with Gasteiger partial charge in [0.25, 0.3) is 0 Å². The predicted octanol–water partition coefficient (Wildman–Crippen LogP) is 0.472. The van der Waals surface area contributed by atoms with Crippen molar-refractivity contribution in [3.63, 3.8) is 0 Å². The zero-order valence-corrected chi connectivity index (χ0v) is 8.03. The molecular weight excluding hydrogens is 204 g/mol. The average molecular weight is 212 g/mol. The minimum Gasteiger partial charge on any atom is -0.302 e. The molecule has 14 heavy (non-hydrogen) atoms. The SMILES string of the molecule is O=CCS(=O)(=O)c1ccccc1C=O. The number of benzene rings is 1. The molecule has 0 fully saturated rings. The number of hydrogen-bond acceptors (Lipinski definition) is 4. The summed E-state index contributed by atoms with van der Waals surface area (Å²) in [5.41, 5.74) is 0.0781. The van der Waals surface area contributed by atoms with Crippen LogP contribution in [0.2, 0.25) is 0 Å². The van der Waals surface area contributed by atoms with Crippen LogP contribution in [0.1, 0.15) is 10.4 Å². The Morgan fingerprint density at radius 3 is 2.36 bits per heavy atom. The Morgan fingerprint density at radius 2 is 1.79 bits per heavy atom. The molecule has 0 aliphatic heterocycles. The highest BCUT2D eigenvalue weighted by molar-refractivity contribution is 7.92. The number of rotatable bonds is 4. The zero-order valence-electron chi connectivity index (χ0n) is 7.21. The first-order chi connectivity index (χ1) is 6.61. The van der Waals surface area contributed by atoms with E-state index in [2.05, 4.69) is 0 Å². The molecule has 1 aromatic rings. The van der Waals surface area contributed by atoms with Gasteiger partial charge < -0.3 is 4.79 Å². The van der Waals surface area contributed by atoms with Gasteiger partial charge in [0, 0.05) is 5.56 Å². The van der Waals surface area contributed by atoms with Gasteiger partial charge in [-0.3, -0.25) is 4.79 Å². The van der Waals surface area contributed by atoms with E-state index < -0.39 is 15.6 Å². The summed E-state index contributed by atoms with van der Waals surface area (Å²) < 4.78 is 22.8. The predicted molar refractivity (Wildman–Crippen MR) is 49.9 cm³/mol. The van der Waals surface area contributed by atoms with E-state index in [0.29, 0.717) is 12.6 Å². The summed E-state index contributed by atoms with van der Waals surface area (Å²) in [6.07, 6.45) is 0.759. The van der Waals surface area contributed by atoms with E-state index in [9.17, 15) is 18.0 Å².